The van der Waals surface area contributed by atoms with Gasteiger partial charge in [0.25, 0.3) is 0 Å². The van der Waals surface area contributed by atoms with Gasteiger partial charge in [-0.15, -0.1) is 0 Å². The average molecular weight is 506 g/mol. The minimum absolute atomic E-state index is 0.0549. The number of carbonyl (C=O) groups is 3. The first-order valence-electron chi connectivity index (χ1n) is 12.3. The fraction of sp³-hybridized carbons (Fsp3) is 0.615. The molecule has 0 aliphatic carbocycles. The van der Waals surface area contributed by atoms with E-state index in [1.807, 2.05) is 6.92 Å². The number of nitrogens with one attached hydrogen (secondary N) is 2. The number of aldehydes is 1. The lowest BCUT2D eigenvalue weighted by atomic mass is 9.87. The van der Waals surface area contributed by atoms with Crippen molar-refractivity contribution in [1.82, 2.24) is 10.6 Å². The Morgan fingerprint density at radius 2 is 2.03 bits per heavy atom. The van der Waals surface area contributed by atoms with Crippen molar-refractivity contribution in [3.63, 3.8) is 0 Å². The van der Waals surface area contributed by atoms with Gasteiger partial charge >= 0.3 is 12.1 Å². The van der Waals surface area contributed by atoms with Gasteiger partial charge in [0.2, 0.25) is 5.96 Å². The Labute approximate surface area is 212 Å². The van der Waals surface area contributed by atoms with Crippen LogP contribution < -0.4 is 15.4 Å². The molecule has 2 rings (SSSR count). The lowest BCUT2D eigenvalue weighted by Crippen LogP contribution is -2.55. The summed E-state index contributed by atoms with van der Waals surface area (Å²) >= 11 is 0. The van der Waals surface area contributed by atoms with E-state index in [1.165, 1.54) is 7.11 Å². The Bertz CT molecular complexity index is 942. The Morgan fingerprint density at radius 3 is 2.64 bits per heavy atom. The molecule has 0 fully saturated rings. The van der Waals surface area contributed by atoms with E-state index in [1.54, 1.807) is 39.0 Å². The minimum Gasteiger partial charge on any atom is -0.493 e. The number of aliphatic hydroxyl groups is 1. The number of alkyl carbamates (subject to hydrolysis) is 1. The molecule has 1 aromatic rings. The molecule has 1 unspecified atom stereocenters. The van der Waals surface area contributed by atoms with Crippen molar-refractivity contribution in [3.05, 3.63) is 29.3 Å². The predicted octanol–water partition coefficient (Wildman–Crippen LogP) is 3.67. The second kappa shape index (κ2) is 13.2. The largest absolute Gasteiger partial charge is 0.493 e. The van der Waals surface area contributed by atoms with Gasteiger partial charge in [-0.25, -0.2) is 14.6 Å². The molecule has 1 aliphatic heterocycles. The molecule has 200 valence electrons. The highest BCUT2D eigenvalue weighted by Gasteiger charge is 2.31. The van der Waals surface area contributed by atoms with E-state index in [0.717, 1.165) is 6.29 Å². The number of hydrogen-bond acceptors (Lipinski definition) is 8. The third kappa shape index (κ3) is 8.51. The van der Waals surface area contributed by atoms with Crippen molar-refractivity contribution >= 4 is 24.3 Å². The third-order valence-corrected chi connectivity index (χ3v) is 5.94. The fourth-order valence-electron chi connectivity index (χ4n) is 4.02. The Hall–Kier alpha value is -3.14. The number of nitrogens with zero attached hydrogens (tertiary/aromatic N) is 1. The number of benzene rings is 1. The SMILES string of the molecule is CC[C@](CC=O)(CCCCO)NC(=NC1CCOc2ccc(C(=O)OC)cc21)NC(=O)OC(C)(C)C. The van der Waals surface area contributed by atoms with Crippen LogP contribution in [0.4, 0.5) is 4.79 Å². The van der Waals surface area contributed by atoms with Crippen LogP contribution in [0.3, 0.4) is 0 Å². The smallest absolute Gasteiger partial charge is 0.414 e. The normalized spacial score (nSPS) is 17.2. The molecule has 0 saturated carbocycles. The van der Waals surface area contributed by atoms with Gasteiger partial charge in [0, 0.05) is 30.6 Å². The lowest BCUT2D eigenvalue weighted by molar-refractivity contribution is -0.109. The number of amides is 1. The second-order valence-corrected chi connectivity index (χ2v) is 9.81. The van der Waals surface area contributed by atoms with E-state index in [9.17, 15) is 19.5 Å². The van der Waals surface area contributed by atoms with Crippen LogP contribution in [0.2, 0.25) is 0 Å². The minimum atomic E-state index is -0.721. The maximum absolute atomic E-state index is 12.7. The lowest BCUT2D eigenvalue weighted by Gasteiger charge is -2.35. The molecule has 1 amide bonds. The predicted molar refractivity (Wildman–Crippen MR) is 135 cm³/mol. The molecule has 1 aromatic carbocycles. The monoisotopic (exact) mass is 505 g/mol. The van der Waals surface area contributed by atoms with Crippen molar-refractivity contribution in [2.24, 2.45) is 4.99 Å². The molecule has 1 aliphatic rings. The first-order chi connectivity index (χ1) is 17.1. The van der Waals surface area contributed by atoms with Crippen LogP contribution in [0.5, 0.6) is 5.75 Å². The van der Waals surface area contributed by atoms with E-state index in [4.69, 9.17) is 19.2 Å². The number of esters is 1. The summed E-state index contributed by atoms with van der Waals surface area (Å²) in [6.45, 7) is 7.70. The van der Waals surface area contributed by atoms with Crippen molar-refractivity contribution in [2.75, 3.05) is 20.3 Å². The third-order valence-electron chi connectivity index (χ3n) is 5.94. The molecule has 10 heteroatoms. The summed E-state index contributed by atoms with van der Waals surface area (Å²) in [7, 11) is 1.31. The van der Waals surface area contributed by atoms with E-state index in [-0.39, 0.29) is 19.0 Å². The molecule has 1 heterocycles. The second-order valence-electron chi connectivity index (χ2n) is 9.81. The van der Waals surface area contributed by atoms with Crippen molar-refractivity contribution < 1.29 is 33.7 Å². The molecule has 36 heavy (non-hydrogen) atoms. The van der Waals surface area contributed by atoms with Crippen molar-refractivity contribution in [3.8, 4) is 5.75 Å². The van der Waals surface area contributed by atoms with Gasteiger partial charge in [0.1, 0.15) is 17.6 Å². The van der Waals surface area contributed by atoms with Gasteiger partial charge in [-0.2, -0.15) is 0 Å². The Balaban J connectivity index is 2.47. The van der Waals surface area contributed by atoms with Crippen LogP contribution in [0.15, 0.2) is 23.2 Å². The van der Waals surface area contributed by atoms with Gasteiger partial charge in [-0.3, -0.25) is 5.32 Å². The molecule has 0 aromatic heterocycles. The summed E-state index contributed by atoms with van der Waals surface area (Å²) in [6.07, 6.45) is 3.32. The highest BCUT2D eigenvalue weighted by Crippen LogP contribution is 2.35. The summed E-state index contributed by atoms with van der Waals surface area (Å²) in [5.41, 5.74) is -0.342. The van der Waals surface area contributed by atoms with Crippen LogP contribution in [0.1, 0.15) is 88.2 Å². The van der Waals surface area contributed by atoms with Crippen LogP contribution in [0.25, 0.3) is 0 Å². The van der Waals surface area contributed by atoms with Gasteiger partial charge in [0.15, 0.2) is 0 Å². The first kappa shape index (κ1) is 29.1. The van der Waals surface area contributed by atoms with Crippen LogP contribution >= 0.6 is 0 Å². The summed E-state index contributed by atoms with van der Waals surface area (Å²) in [5, 5.41) is 15.3. The number of carbonyl (C=O) groups excluding carboxylic acids is 3. The molecular formula is C26H39N3O7. The number of hydrogen-bond donors (Lipinski definition) is 3. The first-order valence-corrected chi connectivity index (χ1v) is 12.3. The molecule has 10 nitrogen and oxygen atoms in total. The maximum atomic E-state index is 12.7. The molecular weight excluding hydrogens is 466 g/mol. The van der Waals surface area contributed by atoms with Crippen molar-refractivity contribution in [2.45, 2.75) is 83.4 Å². The van der Waals surface area contributed by atoms with E-state index >= 15 is 0 Å². The molecule has 3 N–H and O–H groups in total. The van der Waals surface area contributed by atoms with Crippen LogP contribution in [-0.4, -0.2) is 60.9 Å². The zero-order chi connectivity index (χ0) is 26.8. The number of unbranched alkanes of at least 4 members (excludes halogenated alkanes) is 1. The number of aliphatic imine (C=N–C) groups is 1. The zero-order valence-corrected chi connectivity index (χ0v) is 21.9. The topological polar surface area (TPSA) is 136 Å². The summed E-state index contributed by atoms with van der Waals surface area (Å²) in [6, 6.07) is 4.58. The number of guanidine groups is 1. The van der Waals surface area contributed by atoms with Gasteiger partial charge < -0.3 is 29.4 Å². The van der Waals surface area contributed by atoms with Crippen LogP contribution in [-0.2, 0) is 14.3 Å². The van der Waals surface area contributed by atoms with Gasteiger partial charge in [-0.05, 0) is 64.7 Å². The van der Waals surface area contributed by atoms with Crippen molar-refractivity contribution in [1.29, 1.82) is 0 Å². The quantitative estimate of drug-likeness (QED) is 0.144. The zero-order valence-electron chi connectivity index (χ0n) is 21.9. The average Bonchev–Trinajstić information content (AvgIpc) is 2.82. The summed E-state index contributed by atoms with van der Waals surface area (Å²) in [5.74, 6) is 0.284. The standard InChI is InChI=1S/C26H39N3O7/c1-6-26(13-15-31,12-7-8-14-30)29-23(28-24(33)36-25(2,3)4)27-20-11-16-35-21-10-9-18(17-19(20)21)22(32)34-5/h9-10,15,17,20,30H,6-8,11-14,16H2,1-5H3,(H2,27,28,29,33)/t20?,26-/m1/s1. The van der Waals surface area contributed by atoms with E-state index < -0.39 is 29.2 Å². The summed E-state index contributed by atoms with van der Waals surface area (Å²) in [4.78, 5) is 41.2. The highest BCUT2D eigenvalue weighted by molar-refractivity contribution is 5.95. The number of rotatable bonds is 10. The Kier molecular flexibility index (Phi) is 10.7. The number of fused-ring (bicyclic) bond motifs is 1. The molecule has 2 atom stereocenters. The molecule has 0 bridgehead atoms. The maximum Gasteiger partial charge on any atom is 0.414 e. The van der Waals surface area contributed by atoms with E-state index in [0.29, 0.717) is 55.6 Å². The highest BCUT2D eigenvalue weighted by atomic mass is 16.6. The fourth-order valence-corrected chi connectivity index (χ4v) is 4.02. The molecule has 0 radical (unpaired) electrons. The molecule has 0 saturated heterocycles. The number of methoxy groups -OCH3 is 1. The molecule has 0 spiro atoms. The number of ether oxygens (including phenoxy) is 3. The van der Waals surface area contributed by atoms with Gasteiger partial charge in [0.05, 0.1) is 25.3 Å². The van der Waals surface area contributed by atoms with E-state index in [2.05, 4.69) is 10.6 Å². The van der Waals surface area contributed by atoms with Crippen LogP contribution in [0, 0.1) is 0 Å². The number of aliphatic hydroxyl groups excluding tert-OH is 1. The van der Waals surface area contributed by atoms with Gasteiger partial charge in [-0.1, -0.05) is 6.92 Å². The summed E-state index contributed by atoms with van der Waals surface area (Å²) < 4.78 is 16.0. The Morgan fingerprint density at radius 1 is 1.28 bits per heavy atom.